The Labute approximate surface area is 119 Å². The minimum atomic E-state index is 0.242. The van der Waals surface area contributed by atoms with Crippen molar-refractivity contribution in [3.05, 3.63) is 34.3 Å². The van der Waals surface area contributed by atoms with Crippen molar-refractivity contribution in [3.8, 4) is 0 Å². The van der Waals surface area contributed by atoms with Gasteiger partial charge in [-0.1, -0.05) is 44.0 Å². The standard InChI is InChI=1S/C13H15Br2NO/c14-11-3-1-10(2-4-11)9-13(17)16-7-5-12(15)6-8-16/h1-4,12H,5-9H2. The molecule has 0 saturated carbocycles. The number of benzene rings is 1. The van der Waals surface area contributed by atoms with Crippen LogP contribution in [0.3, 0.4) is 0 Å². The molecule has 4 heteroatoms. The zero-order chi connectivity index (χ0) is 12.3. The maximum Gasteiger partial charge on any atom is 0.226 e. The molecule has 0 radical (unpaired) electrons. The first-order valence-electron chi connectivity index (χ1n) is 5.81. The summed E-state index contributed by atoms with van der Waals surface area (Å²) in [5, 5.41) is 0. The first kappa shape index (κ1) is 13.1. The maximum atomic E-state index is 12.1. The lowest BCUT2D eigenvalue weighted by Crippen LogP contribution is -2.39. The van der Waals surface area contributed by atoms with Gasteiger partial charge in [-0.15, -0.1) is 0 Å². The zero-order valence-electron chi connectivity index (χ0n) is 9.53. The minimum absolute atomic E-state index is 0.242. The Balaban J connectivity index is 1.90. The number of carbonyl (C=O) groups is 1. The van der Waals surface area contributed by atoms with Crippen LogP contribution in [0.5, 0.6) is 0 Å². The quantitative estimate of drug-likeness (QED) is 0.740. The Hall–Kier alpha value is -0.350. The van der Waals surface area contributed by atoms with Crippen molar-refractivity contribution in [1.82, 2.24) is 4.90 Å². The summed E-state index contributed by atoms with van der Waals surface area (Å²) in [6.45, 7) is 1.76. The van der Waals surface area contributed by atoms with Crippen LogP contribution in [0.1, 0.15) is 18.4 Å². The van der Waals surface area contributed by atoms with Crippen molar-refractivity contribution in [2.24, 2.45) is 0 Å². The van der Waals surface area contributed by atoms with E-state index in [4.69, 9.17) is 0 Å². The van der Waals surface area contributed by atoms with Crippen LogP contribution in [0.15, 0.2) is 28.7 Å². The van der Waals surface area contributed by atoms with Crippen LogP contribution in [0.25, 0.3) is 0 Å². The van der Waals surface area contributed by atoms with Crippen LogP contribution in [0.4, 0.5) is 0 Å². The number of hydrogen-bond donors (Lipinski definition) is 0. The molecule has 0 spiro atoms. The number of hydrogen-bond acceptors (Lipinski definition) is 1. The second kappa shape index (κ2) is 6.01. The SMILES string of the molecule is O=C(Cc1ccc(Br)cc1)N1CCC(Br)CC1. The van der Waals surface area contributed by atoms with Crippen molar-refractivity contribution in [2.75, 3.05) is 13.1 Å². The molecule has 1 amide bonds. The monoisotopic (exact) mass is 359 g/mol. The fraction of sp³-hybridized carbons (Fsp3) is 0.462. The number of alkyl halides is 1. The molecule has 1 heterocycles. The highest BCUT2D eigenvalue weighted by atomic mass is 79.9. The lowest BCUT2D eigenvalue weighted by atomic mass is 10.1. The smallest absolute Gasteiger partial charge is 0.226 e. The van der Waals surface area contributed by atoms with Gasteiger partial charge in [-0.05, 0) is 30.5 Å². The van der Waals surface area contributed by atoms with E-state index in [1.807, 2.05) is 29.2 Å². The Morgan fingerprint density at radius 2 is 1.82 bits per heavy atom. The minimum Gasteiger partial charge on any atom is -0.342 e. The van der Waals surface area contributed by atoms with E-state index in [0.717, 1.165) is 36.0 Å². The number of likely N-dealkylation sites (tertiary alicyclic amines) is 1. The molecule has 1 aliphatic heterocycles. The number of nitrogens with zero attached hydrogens (tertiary/aromatic N) is 1. The van der Waals surface area contributed by atoms with Gasteiger partial charge in [-0.2, -0.15) is 0 Å². The van der Waals surface area contributed by atoms with Gasteiger partial charge in [-0.3, -0.25) is 4.79 Å². The van der Waals surface area contributed by atoms with E-state index < -0.39 is 0 Å². The van der Waals surface area contributed by atoms with Gasteiger partial charge in [-0.25, -0.2) is 0 Å². The molecule has 17 heavy (non-hydrogen) atoms. The number of amides is 1. The third kappa shape index (κ3) is 3.81. The highest BCUT2D eigenvalue weighted by molar-refractivity contribution is 9.10. The summed E-state index contributed by atoms with van der Waals surface area (Å²) in [5.41, 5.74) is 1.08. The van der Waals surface area contributed by atoms with Crippen molar-refractivity contribution in [3.63, 3.8) is 0 Å². The molecule has 1 aromatic rings. The summed E-state index contributed by atoms with van der Waals surface area (Å²) < 4.78 is 1.05. The van der Waals surface area contributed by atoms with E-state index in [-0.39, 0.29) is 5.91 Å². The summed E-state index contributed by atoms with van der Waals surface area (Å²) in [5.74, 6) is 0.242. The number of rotatable bonds is 2. The van der Waals surface area contributed by atoms with Gasteiger partial charge in [0.2, 0.25) is 5.91 Å². The largest absolute Gasteiger partial charge is 0.342 e. The molecule has 92 valence electrons. The van der Waals surface area contributed by atoms with Gasteiger partial charge in [0, 0.05) is 22.4 Å². The first-order valence-corrected chi connectivity index (χ1v) is 7.52. The van der Waals surface area contributed by atoms with Crippen LogP contribution in [-0.2, 0) is 11.2 Å². The molecule has 1 fully saturated rings. The summed E-state index contributed by atoms with van der Waals surface area (Å²) >= 11 is 6.99. The normalized spacial score (nSPS) is 17.2. The van der Waals surface area contributed by atoms with Crippen LogP contribution >= 0.6 is 31.9 Å². The van der Waals surface area contributed by atoms with Crippen LogP contribution in [-0.4, -0.2) is 28.7 Å². The van der Waals surface area contributed by atoms with Crippen LogP contribution < -0.4 is 0 Å². The van der Waals surface area contributed by atoms with Crippen molar-refractivity contribution >= 4 is 37.8 Å². The molecule has 0 N–H and O–H groups in total. The fourth-order valence-electron chi connectivity index (χ4n) is 1.99. The van der Waals surface area contributed by atoms with Crippen molar-refractivity contribution in [2.45, 2.75) is 24.1 Å². The molecule has 0 unspecified atom stereocenters. The second-order valence-electron chi connectivity index (χ2n) is 4.36. The highest BCUT2D eigenvalue weighted by Gasteiger charge is 2.20. The van der Waals surface area contributed by atoms with E-state index in [0.29, 0.717) is 11.2 Å². The van der Waals surface area contributed by atoms with E-state index in [9.17, 15) is 4.79 Å². The molecule has 1 saturated heterocycles. The zero-order valence-corrected chi connectivity index (χ0v) is 12.7. The maximum absolute atomic E-state index is 12.1. The second-order valence-corrected chi connectivity index (χ2v) is 6.57. The predicted octanol–water partition coefficient (Wildman–Crippen LogP) is 3.38. The molecule has 2 rings (SSSR count). The Morgan fingerprint density at radius 1 is 1.24 bits per heavy atom. The third-order valence-electron chi connectivity index (χ3n) is 3.05. The van der Waals surface area contributed by atoms with Gasteiger partial charge in [0.1, 0.15) is 0 Å². The number of halogens is 2. The summed E-state index contributed by atoms with van der Waals surface area (Å²) in [6.07, 6.45) is 2.64. The molecule has 0 atom stereocenters. The molecule has 0 aliphatic carbocycles. The van der Waals surface area contributed by atoms with Crippen LogP contribution in [0.2, 0.25) is 0 Å². The fourth-order valence-corrected chi connectivity index (χ4v) is 2.66. The van der Waals surface area contributed by atoms with E-state index in [2.05, 4.69) is 31.9 Å². The summed E-state index contributed by atoms with van der Waals surface area (Å²) in [4.78, 5) is 14.6. The van der Waals surface area contributed by atoms with Gasteiger partial charge >= 0.3 is 0 Å². The Kier molecular flexibility index (Phi) is 4.62. The average Bonchev–Trinajstić information content (AvgIpc) is 2.33. The lowest BCUT2D eigenvalue weighted by molar-refractivity contribution is -0.131. The molecule has 1 aromatic carbocycles. The van der Waals surface area contributed by atoms with Crippen LogP contribution in [0, 0.1) is 0 Å². The third-order valence-corrected chi connectivity index (χ3v) is 4.49. The summed E-state index contributed by atoms with van der Waals surface area (Å²) in [6, 6.07) is 7.96. The Morgan fingerprint density at radius 3 is 2.41 bits per heavy atom. The van der Waals surface area contributed by atoms with E-state index >= 15 is 0 Å². The average molecular weight is 361 g/mol. The van der Waals surface area contributed by atoms with E-state index in [1.165, 1.54) is 0 Å². The van der Waals surface area contributed by atoms with E-state index in [1.54, 1.807) is 0 Å². The number of carbonyl (C=O) groups excluding carboxylic acids is 1. The molecular formula is C13H15Br2NO. The molecule has 2 nitrogen and oxygen atoms in total. The predicted molar refractivity (Wildman–Crippen MR) is 76.4 cm³/mol. The number of piperidine rings is 1. The van der Waals surface area contributed by atoms with Crippen molar-refractivity contribution in [1.29, 1.82) is 0 Å². The molecule has 0 bridgehead atoms. The van der Waals surface area contributed by atoms with Gasteiger partial charge in [0.15, 0.2) is 0 Å². The van der Waals surface area contributed by atoms with Gasteiger partial charge in [0.05, 0.1) is 6.42 Å². The molecule has 1 aliphatic rings. The highest BCUT2D eigenvalue weighted by Crippen LogP contribution is 2.18. The van der Waals surface area contributed by atoms with Crippen molar-refractivity contribution < 1.29 is 4.79 Å². The first-order chi connectivity index (χ1) is 8.15. The van der Waals surface area contributed by atoms with Gasteiger partial charge < -0.3 is 4.90 Å². The Bertz CT molecular complexity index is 383. The lowest BCUT2D eigenvalue weighted by Gasteiger charge is -2.29. The van der Waals surface area contributed by atoms with Gasteiger partial charge in [0.25, 0.3) is 0 Å². The summed E-state index contributed by atoms with van der Waals surface area (Å²) in [7, 11) is 0. The molecular weight excluding hydrogens is 346 g/mol. The molecule has 0 aromatic heterocycles. The topological polar surface area (TPSA) is 20.3 Å².